The van der Waals surface area contributed by atoms with E-state index in [4.69, 9.17) is 32.7 Å². The van der Waals surface area contributed by atoms with Crippen molar-refractivity contribution in [3.8, 4) is 0 Å². The summed E-state index contributed by atoms with van der Waals surface area (Å²) < 4.78 is 10.9. The fourth-order valence-corrected chi connectivity index (χ4v) is 3.24. The highest BCUT2D eigenvalue weighted by molar-refractivity contribution is 6.42. The van der Waals surface area contributed by atoms with E-state index in [0.717, 1.165) is 12.8 Å². The third-order valence-electron chi connectivity index (χ3n) is 4.19. The van der Waals surface area contributed by atoms with Crippen molar-refractivity contribution in [2.45, 2.75) is 31.9 Å². The topological polar surface area (TPSA) is 76.7 Å². The van der Waals surface area contributed by atoms with Gasteiger partial charge in [-0.05, 0) is 37.5 Å². The highest BCUT2D eigenvalue weighted by Gasteiger charge is 2.33. The lowest BCUT2D eigenvalue weighted by atomic mass is 9.95. The van der Waals surface area contributed by atoms with Gasteiger partial charge < -0.3 is 20.1 Å². The average Bonchev–Trinajstić information content (AvgIpc) is 3.08. The lowest BCUT2D eigenvalue weighted by Crippen LogP contribution is -2.45. The molecular formula is C17H18Cl2N2O4. The molecule has 0 aliphatic carbocycles. The Hall–Kier alpha value is -1.76. The predicted molar refractivity (Wildman–Crippen MR) is 93.5 cm³/mol. The number of ether oxygens (including phenoxy) is 2. The smallest absolute Gasteiger partial charge is 0.338 e. The van der Waals surface area contributed by atoms with Crippen molar-refractivity contribution in [1.29, 1.82) is 0 Å². The molecule has 1 aromatic rings. The third-order valence-corrected chi connectivity index (χ3v) is 4.93. The van der Waals surface area contributed by atoms with Crippen LogP contribution in [0, 0.1) is 0 Å². The fraction of sp³-hybridized carbons (Fsp3) is 0.412. The van der Waals surface area contributed by atoms with Gasteiger partial charge in [-0.3, -0.25) is 0 Å². The molecule has 2 aliphatic heterocycles. The number of amides is 2. The van der Waals surface area contributed by atoms with Crippen molar-refractivity contribution < 1.29 is 19.1 Å². The van der Waals surface area contributed by atoms with E-state index < -0.39 is 18.0 Å². The molecule has 2 heterocycles. The molecule has 1 fully saturated rings. The molecule has 2 aliphatic rings. The number of urea groups is 1. The monoisotopic (exact) mass is 384 g/mol. The number of carbonyl (C=O) groups excluding carboxylic acids is 2. The summed E-state index contributed by atoms with van der Waals surface area (Å²) in [6.45, 7) is 2.54. The number of halogens is 2. The van der Waals surface area contributed by atoms with Gasteiger partial charge in [0.05, 0.1) is 27.8 Å². The molecule has 1 saturated heterocycles. The van der Waals surface area contributed by atoms with E-state index in [0.29, 0.717) is 33.5 Å². The van der Waals surface area contributed by atoms with Crippen molar-refractivity contribution in [2.75, 3.05) is 13.2 Å². The Balaban J connectivity index is 1.83. The Morgan fingerprint density at radius 2 is 2.16 bits per heavy atom. The van der Waals surface area contributed by atoms with Crippen LogP contribution in [-0.2, 0) is 14.3 Å². The minimum atomic E-state index is -0.666. The van der Waals surface area contributed by atoms with Gasteiger partial charge in [0.25, 0.3) is 0 Å². The Bertz CT molecular complexity index is 729. The standard InChI is InChI=1S/C17H18Cl2N2O4/c1-9-14(16(22)25-8-11-3-2-6-24-11)15(21-17(23)20-9)10-4-5-12(18)13(19)7-10/h4-5,7,11,15H,2-3,6,8H2,1H3,(H2,20,21,23)/t11-,15+/m1/s1. The van der Waals surface area contributed by atoms with E-state index in [9.17, 15) is 9.59 Å². The van der Waals surface area contributed by atoms with Gasteiger partial charge >= 0.3 is 12.0 Å². The number of nitrogens with one attached hydrogen (secondary N) is 2. The van der Waals surface area contributed by atoms with Gasteiger partial charge in [-0.15, -0.1) is 0 Å². The van der Waals surface area contributed by atoms with Crippen molar-refractivity contribution in [1.82, 2.24) is 10.6 Å². The second-order valence-electron chi connectivity index (χ2n) is 5.98. The normalized spacial score (nSPS) is 23.2. The number of esters is 1. The molecule has 25 heavy (non-hydrogen) atoms. The zero-order chi connectivity index (χ0) is 18.0. The maximum Gasteiger partial charge on any atom is 0.338 e. The predicted octanol–water partition coefficient (Wildman–Crippen LogP) is 3.34. The van der Waals surface area contributed by atoms with Crippen molar-refractivity contribution in [2.24, 2.45) is 0 Å². The quantitative estimate of drug-likeness (QED) is 0.780. The lowest BCUT2D eigenvalue weighted by Gasteiger charge is -2.28. The first-order valence-corrected chi connectivity index (χ1v) is 8.73. The highest BCUT2D eigenvalue weighted by atomic mass is 35.5. The van der Waals surface area contributed by atoms with Gasteiger partial charge in [0.2, 0.25) is 0 Å². The van der Waals surface area contributed by atoms with Crippen LogP contribution in [0.3, 0.4) is 0 Å². The summed E-state index contributed by atoms with van der Waals surface area (Å²) in [6.07, 6.45) is 1.77. The molecule has 0 unspecified atom stereocenters. The Kier molecular flexibility index (Phi) is 5.51. The van der Waals surface area contributed by atoms with Crippen LogP contribution >= 0.6 is 23.2 Å². The average molecular weight is 385 g/mol. The summed E-state index contributed by atoms with van der Waals surface area (Å²) in [5.74, 6) is -0.503. The van der Waals surface area contributed by atoms with Crippen LogP contribution in [0.1, 0.15) is 31.4 Å². The molecule has 0 radical (unpaired) electrons. The molecule has 0 aromatic heterocycles. The van der Waals surface area contributed by atoms with Crippen molar-refractivity contribution in [3.63, 3.8) is 0 Å². The molecule has 6 nitrogen and oxygen atoms in total. The molecule has 2 amide bonds. The van der Waals surface area contributed by atoms with Crippen LogP contribution in [0.2, 0.25) is 10.0 Å². The van der Waals surface area contributed by atoms with Crippen LogP contribution in [0.25, 0.3) is 0 Å². The largest absolute Gasteiger partial charge is 0.459 e. The van der Waals surface area contributed by atoms with Crippen LogP contribution in [0.5, 0.6) is 0 Å². The molecule has 0 saturated carbocycles. The third kappa shape index (κ3) is 4.08. The molecule has 134 valence electrons. The maximum atomic E-state index is 12.6. The van der Waals surface area contributed by atoms with E-state index in [1.807, 2.05) is 0 Å². The van der Waals surface area contributed by atoms with Gasteiger partial charge in [0.15, 0.2) is 0 Å². The fourth-order valence-electron chi connectivity index (χ4n) is 2.93. The van der Waals surface area contributed by atoms with Crippen LogP contribution in [0.4, 0.5) is 4.79 Å². The SMILES string of the molecule is CC1=C(C(=O)OC[C@H]2CCCO2)[C@H](c2ccc(Cl)c(Cl)c2)NC(=O)N1. The summed E-state index contributed by atoms with van der Waals surface area (Å²) in [5.41, 5.74) is 1.42. The number of benzene rings is 1. The van der Waals surface area contributed by atoms with Gasteiger partial charge in [-0.2, -0.15) is 0 Å². The van der Waals surface area contributed by atoms with Crippen LogP contribution < -0.4 is 10.6 Å². The highest BCUT2D eigenvalue weighted by Crippen LogP contribution is 2.32. The van der Waals surface area contributed by atoms with E-state index in [1.54, 1.807) is 25.1 Å². The van der Waals surface area contributed by atoms with E-state index >= 15 is 0 Å². The molecule has 0 spiro atoms. The lowest BCUT2D eigenvalue weighted by molar-refractivity contribution is -0.142. The van der Waals surface area contributed by atoms with Crippen LogP contribution in [0.15, 0.2) is 29.5 Å². The Morgan fingerprint density at radius 1 is 1.36 bits per heavy atom. The number of carbonyl (C=O) groups is 2. The number of hydrogen-bond acceptors (Lipinski definition) is 4. The summed E-state index contributed by atoms with van der Waals surface area (Å²) in [7, 11) is 0. The number of hydrogen-bond donors (Lipinski definition) is 2. The molecule has 2 N–H and O–H groups in total. The Labute approximate surface area is 155 Å². The second-order valence-corrected chi connectivity index (χ2v) is 6.79. The van der Waals surface area contributed by atoms with E-state index in [2.05, 4.69) is 10.6 Å². The minimum absolute atomic E-state index is 0.0700. The second kappa shape index (κ2) is 7.64. The van der Waals surface area contributed by atoms with Gasteiger partial charge in [0, 0.05) is 12.3 Å². The first kappa shape index (κ1) is 18.0. The molecule has 8 heteroatoms. The van der Waals surface area contributed by atoms with Gasteiger partial charge in [-0.25, -0.2) is 9.59 Å². The summed E-state index contributed by atoms with van der Waals surface area (Å²) >= 11 is 12.0. The van der Waals surface area contributed by atoms with Crippen molar-refractivity contribution in [3.05, 3.63) is 45.1 Å². The van der Waals surface area contributed by atoms with Gasteiger partial charge in [-0.1, -0.05) is 29.3 Å². The minimum Gasteiger partial charge on any atom is -0.459 e. The molecule has 3 rings (SSSR count). The zero-order valence-corrected chi connectivity index (χ0v) is 15.1. The van der Waals surface area contributed by atoms with Crippen LogP contribution in [-0.4, -0.2) is 31.3 Å². The molecular weight excluding hydrogens is 367 g/mol. The van der Waals surface area contributed by atoms with E-state index in [1.165, 1.54) is 0 Å². The zero-order valence-electron chi connectivity index (χ0n) is 13.6. The first-order valence-electron chi connectivity index (χ1n) is 7.97. The molecule has 0 bridgehead atoms. The maximum absolute atomic E-state index is 12.6. The molecule has 2 atom stereocenters. The summed E-state index contributed by atoms with van der Waals surface area (Å²) in [4.78, 5) is 24.5. The summed E-state index contributed by atoms with van der Waals surface area (Å²) in [5, 5.41) is 6.07. The first-order chi connectivity index (χ1) is 12.0. The van der Waals surface area contributed by atoms with E-state index in [-0.39, 0.29) is 12.7 Å². The van der Waals surface area contributed by atoms with Gasteiger partial charge in [0.1, 0.15) is 6.61 Å². The molecule has 1 aromatic carbocycles. The van der Waals surface area contributed by atoms with Crippen molar-refractivity contribution >= 4 is 35.2 Å². The number of rotatable bonds is 4. The number of allylic oxidation sites excluding steroid dienone is 1. The Morgan fingerprint density at radius 3 is 2.84 bits per heavy atom. The summed E-state index contributed by atoms with van der Waals surface area (Å²) in [6, 6.07) is 3.90.